The Morgan fingerprint density at radius 2 is 1.83 bits per heavy atom. The van der Waals surface area contributed by atoms with Gasteiger partial charge in [-0.05, 0) is 36.8 Å². The van der Waals surface area contributed by atoms with Crippen molar-refractivity contribution in [2.24, 2.45) is 0 Å². The molecule has 2 aromatic carbocycles. The molecule has 0 aromatic heterocycles. The lowest BCUT2D eigenvalue weighted by Gasteiger charge is -2.08. The third-order valence-electron chi connectivity index (χ3n) is 2.53. The lowest BCUT2D eigenvalue weighted by atomic mass is 10.2. The van der Waals surface area contributed by atoms with Crippen LogP contribution < -0.4 is 9.47 Å². The Hall–Kier alpha value is -2.29. The van der Waals surface area contributed by atoms with Crippen molar-refractivity contribution >= 4 is 5.97 Å². The Bertz CT molecular complexity index is 561. The van der Waals surface area contributed by atoms with Crippen LogP contribution in [-0.2, 0) is 0 Å². The summed E-state index contributed by atoms with van der Waals surface area (Å²) in [5.74, 6) is 0.624. The summed E-state index contributed by atoms with van der Waals surface area (Å²) in [6, 6.07) is 14.3. The van der Waals surface area contributed by atoms with E-state index in [2.05, 4.69) is 0 Å². The molecule has 0 bridgehead atoms. The maximum absolute atomic E-state index is 12.0. The molecule has 92 valence electrons. The normalized spacial score (nSPS) is 9.89. The van der Waals surface area contributed by atoms with Gasteiger partial charge in [0.25, 0.3) is 0 Å². The first-order chi connectivity index (χ1) is 8.70. The van der Waals surface area contributed by atoms with Crippen LogP contribution in [0.3, 0.4) is 0 Å². The standard InChI is InChI=1S/C15H14O3/c1-11-6-5-7-12(10-11)18-15(16)13-8-3-4-9-14(13)17-2/h3-10H,1-2H3. The quantitative estimate of drug-likeness (QED) is 0.612. The Balaban J connectivity index is 2.22. The van der Waals surface area contributed by atoms with Crippen LogP contribution in [0.1, 0.15) is 15.9 Å². The first-order valence-electron chi connectivity index (χ1n) is 5.62. The van der Waals surface area contributed by atoms with Crippen LogP contribution in [0.4, 0.5) is 0 Å². The molecule has 0 fully saturated rings. The molecule has 0 aliphatic rings. The molecule has 0 atom stereocenters. The van der Waals surface area contributed by atoms with E-state index in [0.717, 1.165) is 5.56 Å². The highest BCUT2D eigenvalue weighted by Gasteiger charge is 2.13. The molecule has 0 radical (unpaired) electrons. The number of hydrogen-bond donors (Lipinski definition) is 0. The zero-order valence-electron chi connectivity index (χ0n) is 10.3. The van der Waals surface area contributed by atoms with Crippen molar-refractivity contribution in [1.82, 2.24) is 0 Å². The molecular formula is C15H14O3. The molecule has 3 heteroatoms. The highest BCUT2D eigenvalue weighted by atomic mass is 16.5. The van der Waals surface area contributed by atoms with Gasteiger partial charge in [0.1, 0.15) is 17.1 Å². The van der Waals surface area contributed by atoms with Crippen molar-refractivity contribution in [2.45, 2.75) is 6.92 Å². The van der Waals surface area contributed by atoms with E-state index in [1.54, 1.807) is 24.3 Å². The smallest absolute Gasteiger partial charge is 0.347 e. The van der Waals surface area contributed by atoms with E-state index in [-0.39, 0.29) is 0 Å². The van der Waals surface area contributed by atoms with Crippen LogP contribution in [0.2, 0.25) is 0 Å². The topological polar surface area (TPSA) is 35.5 Å². The Morgan fingerprint density at radius 1 is 1.06 bits per heavy atom. The number of carbonyl (C=O) groups is 1. The molecule has 0 unspecified atom stereocenters. The number of carbonyl (C=O) groups excluding carboxylic acids is 1. The van der Waals surface area contributed by atoms with Gasteiger partial charge in [-0.2, -0.15) is 0 Å². The van der Waals surface area contributed by atoms with Crippen LogP contribution in [0.15, 0.2) is 48.5 Å². The van der Waals surface area contributed by atoms with Gasteiger partial charge in [0.05, 0.1) is 7.11 Å². The molecule has 18 heavy (non-hydrogen) atoms. The summed E-state index contributed by atoms with van der Waals surface area (Å²) >= 11 is 0. The molecule has 0 spiro atoms. The second-order valence-electron chi connectivity index (χ2n) is 3.91. The van der Waals surface area contributed by atoms with Crippen molar-refractivity contribution in [3.8, 4) is 11.5 Å². The summed E-state index contributed by atoms with van der Waals surface area (Å²) in [5, 5.41) is 0. The van der Waals surface area contributed by atoms with Gasteiger partial charge >= 0.3 is 5.97 Å². The number of benzene rings is 2. The summed E-state index contributed by atoms with van der Waals surface area (Å²) in [7, 11) is 1.53. The zero-order chi connectivity index (χ0) is 13.0. The number of para-hydroxylation sites is 1. The lowest BCUT2D eigenvalue weighted by Crippen LogP contribution is -2.10. The van der Waals surface area contributed by atoms with Crippen LogP contribution >= 0.6 is 0 Å². The molecule has 0 aliphatic heterocycles. The summed E-state index contributed by atoms with van der Waals surface area (Å²) in [5.41, 5.74) is 1.46. The number of rotatable bonds is 3. The van der Waals surface area contributed by atoms with Gasteiger partial charge in [-0.1, -0.05) is 24.3 Å². The molecule has 2 aromatic rings. The molecule has 3 nitrogen and oxygen atoms in total. The number of aryl methyl sites for hydroxylation is 1. The number of methoxy groups -OCH3 is 1. The molecule has 0 heterocycles. The van der Waals surface area contributed by atoms with Crippen molar-refractivity contribution in [2.75, 3.05) is 7.11 Å². The summed E-state index contributed by atoms with van der Waals surface area (Å²) < 4.78 is 10.4. The van der Waals surface area contributed by atoms with Crippen molar-refractivity contribution in [3.05, 3.63) is 59.7 Å². The van der Waals surface area contributed by atoms with Gasteiger partial charge < -0.3 is 9.47 Å². The van der Waals surface area contributed by atoms with Crippen molar-refractivity contribution in [3.63, 3.8) is 0 Å². The molecule has 0 saturated heterocycles. The van der Waals surface area contributed by atoms with Crippen LogP contribution in [0.5, 0.6) is 11.5 Å². The SMILES string of the molecule is COc1ccccc1C(=O)Oc1cccc(C)c1. The molecule has 0 aliphatic carbocycles. The second-order valence-corrected chi connectivity index (χ2v) is 3.91. The monoisotopic (exact) mass is 242 g/mol. The maximum atomic E-state index is 12.0. The van der Waals surface area contributed by atoms with Gasteiger partial charge in [-0.15, -0.1) is 0 Å². The van der Waals surface area contributed by atoms with Crippen LogP contribution in [0, 0.1) is 6.92 Å². The van der Waals surface area contributed by atoms with Crippen LogP contribution in [-0.4, -0.2) is 13.1 Å². The largest absolute Gasteiger partial charge is 0.496 e. The predicted octanol–water partition coefficient (Wildman–Crippen LogP) is 3.22. The number of hydrogen-bond acceptors (Lipinski definition) is 3. The average Bonchev–Trinajstić information content (AvgIpc) is 2.38. The zero-order valence-corrected chi connectivity index (χ0v) is 10.3. The Morgan fingerprint density at radius 3 is 2.56 bits per heavy atom. The van der Waals surface area contributed by atoms with E-state index >= 15 is 0 Å². The minimum absolute atomic E-state index is 0.418. The van der Waals surface area contributed by atoms with Gasteiger partial charge in [0, 0.05) is 0 Å². The molecule has 2 rings (SSSR count). The summed E-state index contributed by atoms with van der Waals surface area (Å²) in [6.45, 7) is 1.94. The predicted molar refractivity (Wildman–Crippen MR) is 69.1 cm³/mol. The van der Waals surface area contributed by atoms with Gasteiger partial charge in [0.15, 0.2) is 0 Å². The average molecular weight is 242 g/mol. The highest BCUT2D eigenvalue weighted by Crippen LogP contribution is 2.20. The molecule has 0 N–H and O–H groups in total. The van der Waals surface area contributed by atoms with E-state index in [1.807, 2.05) is 31.2 Å². The lowest BCUT2D eigenvalue weighted by molar-refractivity contribution is 0.0731. The third kappa shape index (κ3) is 2.69. The van der Waals surface area contributed by atoms with E-state index in [0.29, 0.717) is 17.1 Å². The van der Waals surface area contributed by atoms with Gasteiger partial charge in [0.2, 0.25) is 0 Å². The molecular weight excluding hydrogens is 228 g/mol. The van der Waals surface area contributed by atoms with Crippen molar-refractivity contribution in [1.29, 1.82) is 0 Å². The number of ether oxygens (including phenoxy) is 2. The van der Waals surface area contributed by atoms with Crippen molar-refractivity contribution < 1.29 is 14.3 Å². The van der Waals surface area contributed by atoms with Gasteiger partial charge in [-0.3, -0.25) is 0 Å². The summed E-state index contributed by atoms with van der Waals surface area (Å²) in [4.78, 5) is 12.0. The highest BCUT2D eigenvalue weighted by molar-refractivity contribution is 5.93. The fourth-order valence-electron chi connectivity index (χ4n) is 1.65. The van der Waals surface area contributed by atoms with E-state index < -0.39 is 5.97 Å². The fourth-order valence-corrected chi connectivity index (χ4v) is 1.65. The van der Waals surface area contributed by atoms with E-state index in [1.165, 1.54) is 7.11 Å². The van der Waals surface area contributed by atoms with E-state index in [4.69, 9.17) is 9.47 Å². The fraction of sp³-hybridized carbons (Fsp3) is 0.133. The second kappa shape index (κ2) is 5.36. The Labute approximate surface area is 106 Å². The van der Waals surface area contributed by atoms with Gasteiger partial charge in [-0.25, -0.2) is 4.79 Å². The first kappa shape index (κ1) is 12.2. The molecule has 0 amide bonds. The van der Waals surface area contributed by atoms with Crippen LogP contribution in [0.25, 0.3) is 0 Å². The minimum atomic E-state index is -0.418. The third-order valence-corrected chi connectivity index (χ3v) is 2.53. The number of esters is 1. The molecule has 0 saturated carbocycles. The Kier molecular flexibility index (Phi) is 3.63. The minimum Gasteiger partial charge on any atom is -0.496 e. The first-order valence-corrected chi connectivity index (χ1v) is 5.62. The van der Waals surface area contributed by atoms with E-state index in [9.17, 15) is 4.79 Å². The maximum Gasteiger partial charge on any atom is 0.347 e. The summed E-state index contributed by atoms with van der Waals surface area (Å²) in [6.07, 6.45) is 0.